The molecule has 0 bridgehead atoms. The molecule has 0 spiro atoms. The van der Waals surface area contributed by atoms with Crippen molar-refractivity contribution >= 4 is 17.1 Å². The van der Waals surface area contributed by atoms with Gasteiger partial charge in [0, 0.05) is 0 Å². The third-order valence-electron chi connectivity index (χ3n) is 4.06. The average Bonchev–Trinajstić information content (AvgIpc) is 2.68. The maximum absolute atomic E-state index is 14.4. The first-order valence-corrected chi connectivity index (χ1v) is 8.23. The second-order valence-corrected chi connectivity index (χ2v) is 5.89. The van der Waals surface area contributed by atoms with Crippen molar-refractivity contribution in [2.45, 2.75) is 0 Å². The van der Waals surface area contributed by atoms with Gasteiger partial charge in [0.1, 0.15) is 11.6 Å². The van der Waals surface area contributed by atoms with Gasteiger partial charge in [-0.3, -0.25) is 4.79 Å². The van der Waals surface area contributed by atoms with Crippen molar-refractivity contribution in [1.29, 1.82) is 0 Å². The van der Waals surface area contributed by atoms with Gasteiger partial charge in [-0.1, -0.05) is 36.4 Å². The van der Waals surface area contributed by atoms with Gasteiger partial charge in [0.05, 0.1) is 22.7 Å². The number of phenols is 1. The first-order chi connectivity index (χ1) is 13.1. The van der Waals surface area contributed by atoms with Crippen LogP contribution in [0, 0.1) is 5.82 Å². The molecule has 132 valence electrons. The average molecular weight is 359 g/mol. The molecule has 5 nitrogen and oxygen atoms in total. The largest absolute Gasteiger partial charge is 0.508 e. The molecule has 1 heterocycles. The van der Waals surface area contributed by atoms with E-state index in [4.69, 9.17) is 0 Å². The first kappa shape index (κ1) is 16.7. The topological polar surface area (TPSA) is 67.5 Å². The highest BCUT2D eigenvalue weighted by Gasteiger charge is 2.15. The summed E-state index contributed by atoms with van der Waals surface area (Å²) in [5.41, 5.74) is 0.822. The van der Waals surface area contributed by atoms with Crippen molar-refractivity contribution in [3.05, 3.63) is 94.5 Å². The molecule has 4 rings (SSSR count). The zero-order valence-corrected chi connectivity index (χ0v) is 14.1. The lowest BCUT2D eigenvalue weighted by molar-refractivity contribution is 0.475. The molecule has 0 saturated heterocycles. The van der Waals surface area contributed by atoms with Crippen molar-refractivity contribution in [3.63, 3.8) is 0 Å². The molecule has 0 radical (unpaired) electrons. The minimum Gasteiger partial charge on any atom is -0.508 e. The van der Waals surface area contributed by atoms with Gasteiger partial charge in [-0.2, -0.15) is 9.78 Å². The fourth-order valence-electron chi connectivity index (χ4n) is 2.78. The van der Waals surface area contributed by atoms with Crippen LogP contribution in [0.25, 0.3) is 22.3 Å². The van der Waals surface area contributed by atoms with Crippen LogP contribution in [0.3, 0.4) is 0 Å². The summed E-state index contributed by atoms with van der Waals surface area (Å²) in [7, 11) is 0. The van der Waals surface area contributed by atoms with Crippen LogP contribution in [0.4, 0.5) is 4.39 Å². The first-order valence-electron chi connectivity index (χ1n) is 8.23. The van der Waals surface area contributed by atoms with Gasteiger partial charge < -0.3 is 5.11 Å². The van der Waals surface area contributed by atoms with Gasteiger partial charge in [0.25, 0.3) is 5.56 Å². The number of phenolic OH excluding ortho intramolecular Hbond substituents is 1. The van der Waals surface area contributed by atoms with Crippen LogP contribution in [0.2, 0.25) is 0 Å². The molecular formula is C21H14FN3O2. The zero-order chi connectivity index (χ0) is 18.8. The zero-order valence-electron chi connectivity index (χ0n) is 14.1. The number of aromatic hydroxyl groups is 1. The minimum atomic E-state index is -0.499. The summed E-state index contributed by atoms with van der Waals surface area (Å²) in [4.78, 5) is 17.4. The summed E-state index contributed by atoms with van der Waals surface area (Å²) < 4.78 is 15.4. The molecule has 0 unspecified atom stereocenters. The molecule has 1 N–H and O–H groups in total. The molecule has 0 saturated carbocycles. The fourth-order valence-corrected chi connectivity index (χ4v) is 2.78. The number of para-hydroxylation sites is 1. The fraction of sp³-hybridized carbons (Fsp3) is 0. The van der Waals surface area contributed by atoms with Crippen LogP contribution in [0.5, 0.6) is 5.75 Å². The van der Waals surface area contributed by atoms with E-state index in [9.17, 15) is 14.3 Å². The van der Waals surface area contributed by atoms with Gasteiger partial charge in [-0.25, -0.2) is 9.37 Å². The summed E-state index contributed by atoms with van der Waals surface area (Å²) in [5, 5.41) is 14.2. The Morgan fingerprint density at radius 2 is 1.78 bits per heavy atom. The van der Waals surface area contributed by atoms with Gasteiger partial charge in [0.15, 0.2) is 5.82 Å². The standard InChI is InChI=1S/C21H14FN3O2/c22-18-10-3-1-8-16(18)20-24-19-11-4-2-9-17(19)21(27)25(20)23-13-14-6-5-7-15(26)12-14/h1-13,26H. The maximum atomic E-state index is 14.4. The number of hydrogen-bond acceptors (Lipinski definition) is 4. The SMILES string of the molecule is O=c1c2ccccc2nc(-c2ccccc2F)n1N=Cc1cccc(O)c1. The summed E-state index contributed by atoms with van der Waals surface area (Å²) >= 11 is 0. The highest BCUT2D eigenvalue weighted by atomic mass is 19.1. The Morgan fingerprint density at radius 3 is 2.59 bits per heavy atom. The Labute approximate surface area is 153 Å². The molecule has 4 aromatic rings. The number of fused-ring (bicyclic) bond motifs is 1. The summed E-state index contributed by atoms with van der Waals surface area (Å²) in [5.74, 6) is -0.313. The Hall–Kier alpha value is -3.80. The van der Waals surface area contributed by atoms with E-state index in [1.165, 1.54) is 24.4 Å². The molecule has 3 aromatic carbocycles. The molecule has 0 aliphatic heterocycles. The summed E-state index contributed by atoms with van der Waals surface area (Å²) in [6.07, 6.45) is 1.42. The highest BCUT2D eigenvalue weighted by molar-refractivity contribution is 5.82. The number of benzene rings is 3. The van der Waals surface area contributed by atoms with E-state index in [0.29, 0.717) is 16.5 Å². The van der Waals surface area contributed by atoms with Gasteiger partial charge in [-0.05, 0) is 42.0 Å². The lowest BCUT2D eigenvalue weighted by Crippen LogP contribution is -2.20. The van der Waals surface area contributed by atoms with E-state index in [1.54, 1.807) is 54.6 Å². The van der Waals surface area contributed by atoms with E-state index in [-0.39, 0.29) is 17.1 Å². The molecule has 0 aliphatic carbocycles. The number of aromatic nitrogens is 2. The van der Waals surface area contributed by atoms with E-state index in [1.807, 2.05) is 0 Å². The lowest BCUT2D eigenvalue weighted by atomic mass is 10.2. The number of rotatable bonds is 3. The molecule has 1 aromatic heterocycles. The number of nitrogens with zero attached hydrogens (tertiary/aromatic N) is 3. The van der Waals surface area contributed by atoms with Crippen LogP contribution >= 0.6 is 0 Å². The van der Waals surface area contributed by atoms with E-state index >= 15 is 0 Å². The van der Waals surface area contributed by atoms with Crippen molar-refractivity contribution in [2.75, 3.05) is 0 Å². The molecule has 0 fully saturated rings. The maximum Gasteiger partial charge on any atom is 0.282 e. The Balaban J connectivity index is 1.97. The predicted octanol–water partition coefficient (Wildman–Crippen LogP) is 3.79. The van der Waals surface area contributed by atoms with Gasteiger partial charge in [-0.15, -0.1) is 0 Å². The molecule has 0 atom stereocenters. The molecule has 0 aliphatic rings. The highest BCUT2D eigenvalue weighted by Crippen LogP contribution is 2.22. The smallest absolute Gasteiger partial charge is 0.282 e. The van der Waals surface area contributed by atoms with E-state index in [0.717, 1.165) is 4.68 Å². The minimum absolute atomic E-state index is 0.0808. The third kappa shape index (κ3) is 3.20. The monoisotopic (exact) mass is 359 g/mol. The van der Waals surface area contributed by atoms with Crippen LogP contribution in [0.15, 0.2) is 82.7 Å². The quantitative estimate of drug-likeness (QED) is 0.566. The van der Waals surface area contributed by atoms with E-state index < -0.39 is 11.4 Å². The van der Waals surface area contributed by atoms with E-state index in [2.05, 4.69) is 10.1 Å². The lowest BCUT2D eigenvalue weighted by Gasteiger charge is -2.10. The van der Waals surface area contributed by atoms with Crippen molar-refractivity contribution in [1.82, 2.24) is 9.66 Å². The Kier molecular flexibility index (Phi) is 4.22. The molecule has 6 heteroatoms. The van der Waals surface area contributed by atoms with Crippen molar-refractivity contribution in [2.24, 2.45) is 5.10 Å². The third-order valence-corrected chi connectivity index (χ3v) is 4.06. The summed E-state index contributed by atoms with van der Waals surface area (Å²) in [6.45, 7) is 0. The van der Waals surface area contributed by atoms with Crippen LogP contribution in [0.1, 0.15) is 5.56 Å². The molecular weight excluding hydrogens is 345 g/mol. The number of halogens is 1. The second kappa shape index (κ2) is 6.84. The van der Waals surface area contributed by atoms with Crippen LogP contribution in [-0.2, 0) is 0 Å². The van der Waals surface area contributed by atoms with Crippen LogP contribution < -0.4 is 5.56 Å². The van der Waals surface area contributed by atoms with Crippen molar-refractivity contribution < 1.29 is 9.50 Å². The van der Waals surface area contributed by atoms with Gasteiger partial charge in [0.2, 0.25) is 0 Å². The number of hydrogen-bond donors (Lipinski definition) is 1. The normalized spacial score (nSPS) is 11.3. The van der Waals surface area contributed by atoms with Crippen LogP contribution in [-0.4, -0.2) is 21.0 Å². The summed E-state index contributed by atoms with van der Waals surface area (Å²) in [6, 6.07) is 19.4. The molecule has 0 amide bonds. The van der Waals surface area contributed by atoms with Crippen molar-refractivity contribution in [3.8, 4) is 17.1 Å². The Bertz CT molecular complexity index is 1230. The second-order valence-electron chi connectivity index (χ2n) is 5.89. The Morgan fingerprint density at radius 1 is 1.00 bits per heavy atom. The van der Waals surface area contributed by atoms with Gasteiger partial charge >= 0.3 is 0 Å². The predicted molar refractivity (Wildman–Crippen MR) is 102 cm³/mol. The molecule has 27 heavy (non-hydrogen) atoms.